The average Bonchev–Trinajstić information content (AvgIpc) is 3.16. The van der Waals surface area contributed by atoms with Crippen LogP contribution in [0.15, 0.2) is 30.3 Å². The molecule has 196 valence electrons. The normalized spacial score (nSPS) is 47.8. The lowest BCUT2D eigenvalue weighted by atomic mass is 9.39. The van der Waals surface area contributed by atoms with Gasteiger partial charge in [0.05, 0.1) is 17.8 Å². The lowest BCUT2D eigenvalue weighted by molar-refractivity contribution is -0.191. The zero-order valence-corrected chi connectivity index (χ0v) is 22.8. The molecular formula is C32H50O3. The minimum absolute atomic E-state index is 0.203. The second-order valence-corrected chi connectivity index (χ2v) is 14.4. The molecule has 11 atom stereocenters. The summed E-state index contributed by atoms with van der Waals surface area (Å²) in [5.74, 6) is 3.05. The molecule has 0 unspecified atom stereocenters. The van der Waals surface area contributed by atoms with Gasteiger partial charge >= 0.3 is 0 Å². The lowest BCUT2D eigenvalue weighted by Gasteiger charge is -2.66. The molecule has 3 heteroatoms. The maximum Gasteiger partial charge on any atom is 0.0814 e. The molecule has 0 bridgehead atoms. The second-order valence-electron chi connectivity index (χ2n) is 14.4. The van der Waals surface area contributed by atoms with Gasteiger partial charge in [0.2, 0.25) is 0 Å². The summed E-state index contributed by atoms with van der Waals surface area (Å²) in [6.07, 6.45) is 10.0. The summed E-state index contributed by atoms with van der Waals surface area (Å²) in [6.45, 7) is 11.9. The maximum atomic E-state index is 11.2. The van der Waals surface area contributed by atoms with Gasteiger partial charge in [0.15, 0.2) is 0 Å². The van der Waals surface area contributed by atoms with Crippen LogP contribution in [-0.4, -0.2) is 27.0 Å². The van der Waals surface area contributed by atoms with Crippen molar-refractivity contribution in [1.29, 1.82) is 0 Å². The van der Waals surface area contributed by atoms with Crippen molar-refractivity contribution in [2.45, 2.75) is 117 Å². The lowest BCUT2D eigenvalue weighted by Crippen LogP contribution is -2.60. The van der Waals surface area contributed by atoms with Crippen LogP contribution in [0.2, 0.25) is 0 Å². The van der Waals surface area contributed by atoms with Gasteiger partial charge in [0.25, 0.3) is 0 Å². The Labute approximate surface area is 213 Å². The van der Waals surface area contributed by atoms with Crippen LogP contribution >= 0.6 is 0 Å². The fraction of sp³-hybridized carbons (Fsp3) is 0.812. The monoisotopic (exact) mass is 482 g/mol. The third-order valence-electron chi connectivity index (χ3n) is 12.6. The molecule has 1 aromatic carbocycles. The molecule has 0 spiro atoms. The van der Waals surface area contributed by atoms with Crippen molar-refractivity contribution >= 4 is 0 Å². The first-order chi connectivity index (χ1) is 16.4. The van der Waals surface area contributed by atoms with Crippen LogP contribution in [0, 0.1) is 45.8 Å². The third-order valence-corrected chi connectivity index (χ3v) is 12.6. The van der Waals surface area contributed by atoms with Gasteiger partial charge in [-0.3, -0.25) is 0 Å². The van der Waals surface area contributed by atoms with Gasteiger partial charge in [-0.25, -0.2) is 0 Å². The predicted molar refractivity (Wildman–Crippen MR) is 142 cm³/mol. The van der Waals surface area contributed by atoms with Gasteiger partial charge in [-0.15, -0.1) is 0 Å². The van der Waals surface area contributed by atoms with Crippen molar-refractivity contribution in [2.75, 3.05) is 0 Å². The van der Waals surface area contributed by atoms with Crippen LogP contribution in [-0.2, 0) is 0 Å². The summed E-state index contributed by atoms with van der Waals surface area (Å²) in [5.41, 5.74) is 1.28. The summed E-state index contributed by atoms with van der Waals surface area (Å²) >= 11 is 0. The second kappa shape index (κ2) is 8.84. The fourth-order valence-electron chi connectivity index (χ4n) is 10.4. The Morgan fingerprint density at radius 1 is 0.857 bits per heavy atom. The van der Waals surface area contributed by atoms with E-state index < -0.39 is 17.8 Å². The highest BCUT2D eigenvalue weighted by Gasteiger charge is 2.64. The molecule has 4 saturated carbocycles. The molecule has 4 aliphatic rings. The molecule has 4 fully saturated rings. The van der Waals surface area contributed by atoms with Crippen LogP contribution in [0.25, 0.3) is 0 Å². The Morgan fingerprint density at radius 3 is 2.29 bits per heavy atom. The van der Waals surface area contributed by atoms with E-state index in [4.69, 9.17) is 0 Å². The zero-order chi connectivity index (χ0) is 25.2. The van der Waals surface area contributed by atoms with E-state index in [9.17, 15) is 15.3 Å². The molecule has 0 radical (unpaired) electrons. The van der Waals surface area contributed by atoms with Crippen molar-refractivity contribution in [2.24, 2.45) is 45.8 Å². The Morgan fingerprint density at radius 2 is 1.57 bits per heavy atom. The molecular weight excluding hydrogens is 432 g/mol. The SMILES string of the molecule is C[C@@H]([C@H]1CC[C@H]2[C@@H]3CC[C@@]4(C)C[C@@](C)(O)CC[C@]4(C)[C@H]3CC[C@]12C)[C@@H](O)C[C@@H](O)c1ccccc1. The van der Waals surface area contributed by atoms with Gasteiger partial charge in [-0.05, 0) is 116 Å². The Hall–Kier alpha value is -0.900. The van der Waals surface area contributed by atoms with E-state index in [-0.39, 0.29) is 11.3 Å². The van der Waals surface area contributed by atoms with E-state index in [2.05, 4.69) is 34.6 Å². The summed E-state index contributed by atoms with van der Waals surface area (Å²) in [5, 5.41) is 32.9. The first-order valence-electron chi connectivity index (χ1n) is 14.5. The molecule has 0 aliphatic heterocycles. The quantitative estimate of drug-likeness (QED) is 0.427. The molecule has 0 aromatic heterocycles. The first kappa shape index (κ1) is 25.7. The van der Waals surface area contributed by atoms with E-state index in [1.54, 1.807) is 0 Å². The van der Waals surface area contributed by atoms with Crippen molar-refractivity contribution in [3.05, 3.63) is 35.9 Å². The Kier molecular flexibility index (Phi) is 6.50. The molecule has 35 heavy (non-hydrogen) atoms. The minimum Gasteiger partial charge on any atom is -0.393 e. The molecule has 0 amide bonds. The van der Waals surface area contributed by atoms with E-state index >= 15 is 0 Å². The van der Waals surface area contributed by atoms with Crippen LogP contribution in [0.5, 0.6) is 0 Å². The van der Waals surface area contributed by atoms with Crippen molar-refractivity contribution in [1.82, 2.24) is 0 Å². The van der Waals surface area contributed by atoms with E-state index in [1.807, 2.05) is 30.3 Å². The molecule has 3 nitrogen and oxygen atoms in total. The van der Waals surface area contributed by atoms with Gasteiger partial charge in [-0.1, -0.05) is 58.0 Å². The Bertz CT molecular complexity index is 897. The predicted octanol–water partition coefficient (Wildman–Crippen LogP) is 6.91. The highest BCUT2D eigenvalue weighted by Crippen LogP contribution is 2.72. The summed E-state index contributed by atoms with van der Waals surface area (Å²) in [7, 11) is 0. The number of aliphatic hydroxyl groups is 3. The average molecular weight is 483 g/mol. The van der Waals surface area contributed by atoms with Gasteiger partial charge < -0.3 is 15.3 Å². The minimum atomic E-state index is -0.603. The van der Waals surface area contributed by atoms with Crippen molar-refractivity contribution in [3.8, 4) is 0 Å². The topological polar surface area (TPSA) is 60.7 Å². The number of hydrogen-bond acceptors (Lipinski definition) is 3. The fourth-order valence-corrected chi connectivity index (χ4v) is 10.4. The number of rotatable bonds is 5. The largest absolute Gasteiger partial charge is 0.393 e. The van der Waals surface area contributed by atoms with Gasteiger partial charge in [0.1, 0.15) is 0 Å². The number of aliphatic hydroxyl groups excluding tert-OH is 2. The Balaban J connectivity index is 1.31. The van der Waals surface area contributed by atoms with Gasteiger partial charge in [0, 0.05) is 6.42 Å². The summed E-state index contributed by atoms with van der Waals surface area (Å²) < 4.78 is 0. The smallest absolute Gasteiger partial charge is 0.0814 e. The van der Waals surface area contributed by atoms with Crippen molar-refractivity contribution < 1.29 is 15.3 Å². The van der Waals surface area contributed by atoms with Crippen molar-refractivity contribution in [3.63, 3.8) is 0 Å². The summed E-state index contributed by atoms with van der Waals surface area (Å²) in [6, 6.07) is 9.79. The van der Waals surface area contributed by atoms with Crippen LogP contribution in [0.3, 0.4) is 0 Å². The van der Waals surface area contributed by atoms with Crippen LogP contribution in [0.1, 0.15) is 110 Å². The maximum absolute atomic E-state index is 11.2. The third kappa shape index (κ3) is 4.12. The molecule has 5 rings (SSSR count). The number of benzene rings is 1. The highest BCUT2D eigenvalue weighted by molar-refractivity contribution is 5.18. The van der Waals surface area contributed by atoms with Crippen LogP contribution in [0.4, 0.5) is 0 Å². The first-order valence-corrected chi connectivity index (χ1v) is 14.5. The number of hydrogen-bond donors (Lipinski definition) is 3. The molecule has 4 aliphatic carbocycles. The van der Waals surface area contributed by atoms with E-state index in [1.165, 1.54) is 38.5 Å². The molecule has 3 N–H and O–H groups in total. The van der Waals surface area contributed by atoms with E-state index in [0.717, 1.165) is 42.6 Å². The van der Waals surface area contributed by atoms with Crippen LogP contribution < -0.4 is 0 Å². The molecule has 0 saturated heterocycles. The zero-order valence-electron chi connectivity index (χ0n) is 22.8. The van der Waals surface area contributed by atoms with Gasteiger partial charge in [-0.2, -0.15) is 0 Å². The highest BCUT2D eigenvalue weighted by atomic mass is 16.3. The number of fused-ring (bicyclic) bond motifs is 5. The van der Waals surface area contributed by atoms with E-state index in [0.29, 0.717) is 23.2 Å². The standard InChI is InChI=1S/C32H50O3/c1-21(27(33)19-28(34)22-9-7-6-8-10-22)24-11-12-25-23-13-15-29(2)20-30(3,35)17-18-32(29,5)26(23)14-16-31(24,25)4/h6-10,21,23-28,33-35H,11-20H2,1-5H3/t21-,23-,24+,25-,26-,27-,28+,29-,30-,31+,32+/m0/s1. The molecule has 0 heterocycles. The molecule has 1 aromatic rings. The summed E-state index contributed by atoms with van der Waals surface area (Å²) in [4.78, 5) is 0.